The minimum absolute atomic E-state index is 0.0616. The first-order valence-electron chi connectivity index (χ1n) is 6.42. The summed E-state index contributed by atoms with van der Waals surface area (Å²) in [5, 5.41) is 14.2. The summed E-state index contributed by atoms with van der Waals surface area (Å²) in [6.07, 6.45) is 1.31. The first-order chi connectivity index (χ1) is 9.38. The summed E-state index contributed by atoms with van der Waals surface area (Å²) in [6, 6.07) is 3.25. The average molecular weight is 319 g/mol. The molecule has 0 aromatic carbocycles. The van der Waals surface area contributed by atoms with Crippen LogP contribution in [0, 0.1) is 0 Å². The summed E-state index contributed by atoms with van der Waals surface area (Å²) in [5.74, 6) is -0.815. The van der Waals surface area contributed by atoms with E-state index >= 15 is 0 Å². The predicted molar refractivity (Wildman–Crippen MR) is 80.4 cm³/mol. The smallest absolute Gasteiger partial charge is 0.315 e. The Labute approximate surface area is 127 Å². The molecule has 0 saturated carbocycles. The van der Waals surface area contributed by atoms with Crippen LogP contribution < -0.4 is 10.6 Å². The van der Waals surface area contributed by atoms with Crippen molar-refractivity contribution in [2.45, 2.75) is 45.2 Å². The number of thiophene rings is 1. The second kappa shape index (κ2) is 8.11. The van der Waals surface area contributed by atoms with Gasteiger partial charge in [-0.1, -0.05) is 11.6 Å². The molecule has 5 nitrogen and oxygen atoms in total. The Hall–Kier alpha value is -1.27. The lowest BCUT2D eigenvalue weighted by Gasteiger charge is -2.17. The Morgan fingerprint density at radius 1 is 1.35 bits per heavy atom. The highest BCUT2D eigenvalue weighted by Gasteiger charge is 2.13. The summed E-state index contributed by atoms with van der Waals surface area (Å²) >= 11 is 7.28. The number of urea groups is 1. The van der Waals surface area contributed by atoms with E-state index in [4.69, 9.17) is 16.7 Å². The van der Waals surface area contributed by atoms with Gasteiger partial charge in [-0.25, -0.2) is 4.79 Å². The summed E-state index contributed by atoms with van der Waals surface area (Å²) in [6.45, 7) is 3.74. The fraction of sp³-hybridized carbons (Fsp3) is 0.538. The van der Waals surface area contributed by atoms with Crippen LogP contribution in [0.1, 0.15) is 44.0 Å². The third-order valence-corrected chi connectivity index (χ3v) is 4.19. The van der Waals surface area contributed by atoms with Crippen molar-refractivity contribution in [3.05, 3.63) is 21.3 Å². The van der Waals surface area contributed by atoms with E-state index in [-0.39, 0.29) is 24.5 Å². The van der Waals surface area contributed by atoms with Gasteiger partial charge in [0.25, 0.3) is 0 Å². The molecule has 112 valence electrons. The molecule has 3 N–H and O–H groups in total. The zero-order valence-electron chi connectivity index (χ0n) is 11.5. The quantitative estimate of drug-likeness (QED) is 0.721. The Kier molecular flexibility index (Phi) is 6.81. The van der Waals surface area contributed by atoms with Gasteiger partial charge in [0, 0.05) is 17.3 Å². The van der Waals surface area contributed by atoms with E-state index < -0.39 is 5.97 Å². The van der Waals surface area contributed by atoms with Gasteiger partial charge in [0.15, 0.2) is 0 Å². The Morgan fingerprint density at radius 2 is 2.05 bits per heavy atom. The molecule has 0 spiro atoms. The van der Waals surface area contributed by atoms with Crippen molar-refractivity contribution >= 4 is 34.9 Å². The lowest BCUT2D eigenvalue weighted by atomic mass is 10.1. The van der Waals surface area contributed by atoms with Gasteiger partial charge >= 0.3 is 12.0 Å². The van der Waals surface area contributed by atoms with Crippen LogP contribution in [-0.2, 0) is 4.79 Å². The Balaban J connectivity index is 2.30. The molecule has 7 heteroatoms. The average Bonchev–Trinajstić information content (AvgIpc) is 2.75. The first kappa shape index (κ1) is 16.8. The number of carboxylic acid groups (broad SMARTS) is 1. The van der Waals surface area contributed by atoms with Crippen LogP contribution in [0.25, 0.3) is 0 Å². The Morgan fingerprint density at radius 3 is 2.60 bits per heavy atom. The highest BCUT2D eigenvalue weighted by molar-refractivity contribution is 7.16. The monoisotopic (exact) mass is 318 g/mol. The largest absolute Gasteiger partial charge is 0.481 e. The number of aliphatic carboxylic acids is 1. The van der Waals surface area contributed by atoms with Crippen LogP contribution in [0.3, 0.4) is 0 Å². The van der Waals surface area contributed by atoms with Crippen LogP contribution in [0.15, 0.2) is 12.1 Å². The van der Waals surface area contributed by atoms with Crippen molar-refractivity contribution in [2.75, 3.05) is 0 Å². The molecule has 0 aliphatic carbocycles. The number of hydrogen-bond acceptors (Lipinski definition) is 3. The maximum atomic E-state index is 11.8. The number of hydrogen-bond donors (Lipinski definition) is 3. The summed E-state index contributed by atoms with van der Waals surface area (Å²) in [5.41, 5.74) is 0. The number of carbonyl (C=O) groups excluding carboxylic acids is 1. The van der Waals surface area contributed by atoms with E-state index in [0.717, 1.165) is 4.88 Å². The minimum atomic E-state index is -0.815. The topological polar surface area (TPSA) is 78.4 Å². The molecule has 1 aromatic heterocycles. The molecule has 0 saturated heterocycles. The lowest BCUT2D eigenvalue weighted by Crippen LogP contribution is -2.41. The molecule has 2 unspecified atom stereocenters. The molecule has 2 amide bonds. The van der Waals surface area contributed by atoms with Crippen LogP contribution in [0.2, 0.25) is 4.34 Å². The van der Waals surface area contributed by atoms with E-state index in [2.05, 4.69) is 10.6 Å². The molecular weight excluding hydrogens is 300 g/mol. The molecule has 0 bridgehead atoms. The third-order valence-electron chi connectivity index (χ3n) is 2.77. The molecule has 2 atom stereocenters. The van der Waals surface area contributed by atoms with Crippen LogP contribution in [-0.4, -0.2) is 23.1 Å². The van der Waals surface area contributed by atoms with Crippen molar-refractivity contribution in [1.29, 1.82) is 0 Å². The summed E-state index contributed by atoms with van der Waals surface area (Å²) < 4.78 is 0.691. The fourth-order valence-electron chi connectivity index (χ4n) is 1.73. The van der Waals surface area contributed by atoms with E-state index in [9.17, 15) is 9.59 Å². The van der Waals surface area contributed by atoms with E-state index in [1.807, 2.05) is 19.9 Å². The second-order valence-electron chi connectivity index (χ2n) is 4.67. The highest BCUT2D eigenvalue weighted by atomic mass is 35.5. The molecule has 0 aliphatic heterocycles. The van der Waals surface area contributed by atoms with Crippen LogP contribution >= 0.6 is 22.9 Å². The fourth-order valence-corrected chi connectivity index (χ4v) is 2.79. The van der Waals surface area contributed by atoms with Gasteiger partial charge in [-0.2, -0.15) is 0 Å². The van der Waals surface area contributed by atoms with E-state index in [1.165, 1.54) is 11.3 Å². The van der Waals surface area contributed by atoms with Crippen LogP contribution in [0.4, 0.5) is 4.79 Å². The molecule has 0 radical (unpaired) electrons. The number of nitrogens with one attached hydrogen (secondary N) is 2. The minimum Gasteiger partial charge on any atom is -0.481 e. The molecule has 0 aliphatic rings. The zero-order valence-corrected chi connectivity index (χ0v) is 13.1. The SMILES string of the molecule is CC(CCCC(=O)O)NC(=O)NC(C)c1ccc(Cl)s1. The van der Waals surface area contributed by atoms with Crippen molar-refractivity contribution in [3.8, 4) is 0 Å². The van der Waals surface area contributed by atoms with Gasteiger partial charge in [-0.3, -0.25) is 4.79 Å². The second-order valence-corrected chi connectivity index (χ2v) is 6.42. The molecular formula is C13H19ClN2O3S. The van der Waals surface area contributed by atoms with Crippen molar-refractivity contribution < 1.29 is 14.7 Å². The number of rotatable bonds is 7. The van der Waals surface area contributed by atoms with Gasteiger partial charge in [0.05, 0.1) is 10.4 Å². The number of halogens is 1. The van der Waals surface area contributed by atoms with Gasteiger partial charge in [0.1, 0.15) is 0 Å². The third kappa shape index (κ3) is 6.25. The standard InChI is InChI=1S/C13H19ClN2O3S/c1-8(4-3-5-12(17)18)15-13(19)16-9(2)10-6-7-11(14)20-10/h6-9H,3-5H2,1-2H3,(H,17,18)(H2,15,16,19). The Bertz CT molecular complexity index is 464. The molecule has 1 heterocycles. The molecule has 1 aromatic rings. The maximum Gasteiger partial charge on any atom is 0.315 e. The summed E-state index contributed by atoms with van der Waals surface area (Å²) in [4.78, 5) is 23.2. The lowest BCUT2D eigenvalue weighted by molar-refractivity contribution is -0.137. The van der Waals surface area contributed by atoms with Gasteiger partial charge < -0.3 is 15.7 Å². The predicted octanol–water partition coefficient (Wildman–Crippen LogP) is 3.41. The molecule has 1 rings (SSSR count). The van der Waals surface area contributed by atoms with E-state index in [0.29, 0.717) is 17.2 Å². The van der Waals surface area contributed by atoms with Crippen molar-refractivity contribution in [3.63, 3.8) is 0 Å². The number of amides is 2. The number of carboxylic acids is 1. The molecule has 20 heavy (non-hydrogen) atoms. The van der Waals surface area contributed by atoms with Crippen LogP contribution in [0.5, 0.6) is 0 Å². The van der Waals surface area contributed by atoms with Crippen molar-refractivity contribution in [1.82, 2.24) is 10.6 Å². The maximum absolute atomic E-state index is 11.8. The zero-order chi connectivity index (χ0) is 15.1. The summed E-state index contributed by atoms with van der Waals surface area (Å²) in [7, 11) is 0. The van der Waals surface area contributed by atoms with E-state index in [1.54, 1.807) is 6.07 Å². The normalized spacial score (nSPS) is 13.6. The van der Waals surface area contributed by atoms with Gasteiger partial charge in [-0.15, -0.1) is 11.3 Å². The van der Waals surface area contributed by atoms with Gasteiger partial charge in [-0.05, 0) is 38.8 Å². The van der Waals surface area contributed by atoms with Crippen molar-refractivity contribution in [2.24, 2.45) is 0 Å². The highest BCUT2D eigenvalue weighted by Crippen LogP contribution is 2.26. The first-order valence-corrected chi connectivity index (χ1v) is 7.62. The number of carbonyl (C=O) groups is 2. The molecule has 0 fully saturated rings. The van der Waals surface area contributed by atoms with Gasteiger partial charge in [0.2, 0.25) is 0 Å².